The second-order valence-electron chi connectivity index (χ2n) is 6.84. The molecule has 0 spiro atoms. The molecule has 5 nitrogen and oxygen atoms in total. The molecule has 0 aromatic heterocycles. The number of carbonyl (C=O) groups is 1. The number of fused-ring (bicyclic) bond motifs is 2. The van der Waals surface area contributed by atoms with Gasteiger partial charge in [0.25, 0.3) is 0 Å². The van der Waals surface area contributed by atoms with Gasteiger partial charge in [-0.2, -0.15) is 0 Å². The highest BCUT2D eigenvalue weighted by molar-refractivity contribution is 7.80. The van der Waals surface area contributed by atoms with Gasteiger partial charge in [-0.05, 0) is 66.9 Å². The first kappa shape index (κ1) is 17.0. The van der Waals surface area contributed by atoms with Crippen LogP contribution in [0.25, 0.3) is 0 Å². The zero-order chi connectivity index (χ0) is 16.9. The minimum atomic E-state index is 0.0288. The monoisotopic (exact) mass is 347 g/mol. The number of thiocarbonyl (C=S) groups is 1. The third kappa shape index (κ3) is 4.38. The lowest BCUT2D eigenvalue weighted by Crippen LogP contribution is -2.47. The highest BCUT2D eigenvalue weighted by Gasteiger charge is 2.40. The summed E-state index contributed by atoms with van der Waals surface area (Å²) in [6, 6.07) is 7.76. The quantitative estimate of drug-likeness (QED) is 0.564. The van der Waals surface area contributed by atoms with Gasteiger partial charge in [0.15, 0.2) is 5.11 Å². The Bertz CT molecular complexity index is 590. The summed E-state index contributed by atoms with van der Waals surface area (Å²) >= 11 is 5.19. The highest BCUT2D eigenvalue weighted by atomic mass is 32.1. The van der Waals surface area contributed by atoms with Gasteiger partial charge in [0, 0.05) is 13.0 Å². The second-order valence-corrected chi connectivity index (χ2v) is 7.25. The lowest BCUT2D eigenvalue weighted by molar-refractivity contribution is -0.122. The van der Waals surface area contributed by atoms with E-state index in [9.17, 15) is 4.79 Å². The molecule has 2 saturated carbocycles. The van der Waals surface area contributed by atoms with Crippen LogP contribution in [0.1, 0.15) is 37.7 Å². The van der Waals surface area contributed by atoms with Crippen molar-refractivity contribution in [1.29, 1.82) is 0 Å². The van der Waals surface area contributed by atoms with Crippen molar-refractivity contribution in [3.05, 3.63) is 29.8 Å². The van der Waals surface area contributed by atoms with E-state index in [-0.39, 0.29) is 5.91 Å². The molecule has 0 heterocycles. The second kappa shape index (κ2) is 7.83. The van der Waals surface area contributed by atoms with Gasteiger partial charge in [-0.1, -0.05) is 18.6 Å². The van der Waals surface area contributed by atoms with Crippen LogP contribution < -0.4 is 20.9 Å². The molecular weight excluding hydrogens is 322 g/mol. The lowest BCUT2D eigenvalue weighted by atomic mass is 9.86. The number of rotatable bonds is 5. The van der Waals surface area contributed by atoms with Crippen LogP contribution in [0.2, 0.25) is 0 Å². The molecule has 2 fully saturated rings. The standard InChI is InChI=1S/C18H25N3O2S/c1-23-16-6-3-12(4-7-16)11-19-18(24)21-20-17(22)10-15-9-13-2-5-14(15)8-13/h3-4,6-7,13-15H,2,5,8-11H2,1H3,(H,20,22)(H2,19,21,24)/t13-,14+,15-/m0/s1. The fraction of sp³-hybridized carbons (Fsp3) is 0.556. The van der Waals surface area contributed by atoms with Gasteiger partial charge in [-0.15, -0.1) is 0 Å². The molecular formula is C18H25N3O2S. The molecule has 0 unspecified atom stereocenters. The molecule has 3 N–H and O–H groups in total. The van der Waals surface area contributed by atoms with Gasteiger partial charge in [-0.3, -0.25) is 15.6 Å². The molecule has 6 heteroatoms. The molecule has 24 heavy (non-hydrogen) atoms. The van der Waals surface area contributed by atoms with Gasteiger partial charge in [0.1, 0.15) is 5.75 Å². The fourth-order valence-corrected chi connectivity index (χ4v) is 4.14. The maximum absolute atomic E-state index is 12.0. The topological polar surface area (TPSA) is 62.4 Å². The first-order chi connectivity index (χ1) is 11.6. The van der Waals surface area contributed by atoms with E-state index < -0.39 is 0 Å². The van der Waals surface area contributed by atoms with Crippen LogP contribution in [0.15, 0.2) is 24.3 Å². The largest absolute Gasteiger partial charge is 0.497 e. The number of hydrazine groups is 1. The summed E-state index contributed by atoms with van der Waals surface area (Å²) in [7, 11) is 1.64. The third-order valence-corrected chi connectivity index (χ3v) is 5.51. The lowest BCUT2D eigenvalue weighted by Gasteiger charge is -2.21. The van der Waals surface area contributed by atoms with Crippen LogP contribution in [0.4, 0.5) is 0 Å². The number of carbonyl (C=O) groups excluding carboxylic acids is 1. The first-order valence-electron chi connectivity index (χ1n) is 8.59. The van der Waals surface area contributed by atoms with Crippen molar-refractivity contribution in [2.24, 2.45) is 17.8 Å². The van der Waals surface area contributed by atoms with Crippen molar-refractivity contribution in [2.45, 2.75) is 38.6 Å². The van der Waals surface area contributed by atoms with E-state index in [0.29, 0.717) is 24.0 Å². The summed E-state index contributed by atoms with van der Waals surface area (Å²) in [5.41, 5.74) is 6.59. The number of nitrogens with one attached hydrogen (secondary N) is 3. The SMILES string of the molecule is COc1ccc(CNC(=S)NNC(=O)C[C@@H]2C[C@H]3CC[C@@H]2C3)cc1. The predicted octanol–water partition coefficient (Wildman–Crippen LogP) is 2.52. The minimum Gasteiger partial charge on any atom is -0.497 e. The van der Waals surface area contributed by atoms with Crippen molar-refractivity contribution in [3.8, 4) is 5.75 Å². The van der Waals surface area contributed by atoms with Crippen LogP contribution in [0.5, 0.6) is 5.75 Å². The molecule has 1 aromatic carbocycles. The summed E-state index contributed by atoms with van der Waals surface area (Å²) in [5, 5.41) is 3.50. The maximum atomic E-state index is 12.0. The van der Waals surface area contributed by atoms with Gasteiger partial charge in [0.05, 0.1) is 7.11 Å². The molecule has 0 saturated heterocycles. The number of methoxy groups -OCH3 is 1. The van der Waals surface area contributed by atoms with E-state index in [0.717, 1.165) is 23.1 Å². The molecule has 2 aliphatic rings. The zero-order valence-corrected chi connectivity index (χ0v) is 14.8. The molecule has 2 aliphatic carbocycles. The molecule has 0 aliphatic heterocycles. The average Bonchev–Trinajstić information content (AvgIpc) is 3.21. The molecule has 0 radical (unpaired) electrons. The van der Waals surface area contributed by atoms with Crippen LogP contribution in [-0.4, -0.2) is 18.1 Å². The van der Waals surface area contributed by atoms with Crippen molar-refractivity contribution in [3.63, 3.8) is 0 Å². The number of amides is 1. The smallest absolute Gasteiger partial charge is 0.238 e. The maximum Gasteiger partial charge on any atom is 0.238 e. The van der Waals surface area contributed by atoms with E-state index >= 15 is 0 Å². The number of benzene rings is 1. The summed E-state index contributed by atoms with van der Waals surface area (Å²) in [6.07, 6.45) is 5.82. The van der Waals surface area contributed by atoms with E-state index in [1.807, 2.05) is 24.3 Å². The van der Waals surface area contributed by atoms with E-state index in [1.165, 1.54) is 25.7 Å². The Balaban J connectivity index is 1.33. The van der Waals surface area contributed by atoms with Crippen molar-refractivity contribution in [1.82, 2.24) is 16.2 Å². The third-order valence-electron chi connectivity index (χ3n) is 5.26. The van der Waals surface area contributed by atoms with E-state index in [2.05, 4.69) is 16.2 Å². The Morgan fingerprint density at radius 1 is 1.21 bits per heavy atom. The fourth-order valence-electron chi connectivity index (χ4n) is 4.01. The highest BCUT2D eigenvalue weighted by Crippen LogP contribution is 2.49. The Hall–Kier alpha value is -1.82. The number of hydrogen-bond acceptors (Lipinski definition) is 3. The van der Waals surface area contributed by atoms with Crippen LogP contribution in [0, 0.1) is 17.8 Å². The minimum absolute atomic E-state index is 0.0288. The van der Waals surface area contributed by atoms with E-state index in [4.69, 9.17) is 17.0 Å². The molecule has 2 bridgehead atoms. The summed E-state index contributed by atoms with van der Waals surface area (Å²) in [4.78, 5) is 12.0. The first-order valence-corrected chi connectivity index (χ1v) is 9.00. The Labute approximate surface area is 148 Å². The number of hydrogen-bond donors (Lipinski definition) is 3. The molecule has 1 amide bonds. The Kier molecular flexibility index (Phi) is 5.56. The summed E-state index contributed by atoms with van der Waals surface area (Å²) < 4.78 is 5.13. The molecule has 130 valence electrons. The molecule has 3 atom stereocenters. The molecule has 3 rings (SSSR count). The van der Waals surface area contributed by atoms with Crippen LogP contribution in [-0.2, 0) is 11.3 Å². The Morgan fingerprint density at radius 2 is 2.00 bits per heavy atom. The normalized spacial score (nSPS) is 24.5. The van der Waals surface area contributed by atoms with Gasteiger partial charge < -0.3 is 10.1 Å². The van der Waals surface area contributed by atoms with Crippen LogP contribution in [0.3, 0.4) is 0 Å². The zero-order valence-electron chi connectivity index (χ0n) is 14.0. The average molecular weight is 347 g/mol. The Morgan fingerprint density at radius 3 is 2.62 bits per heavy atom. The van der Waals surface area contributed by atoms with E-state index in [1.54, 1.807) is 7.11 Å². The summed E-state index contributed by atoms with van der Waals surface area (Å²) in [5.74, 6) is 3.05. The predicted molar refractivity (Wildman–Crippen MR) is 97.3 cm³/mol. The van der Waals surface area contributed by atoms with Gasteiger partial charge in [0.2, 0.25) is 5.91 Å². The van der Waals surface area contributed by atoms with Gasteiger partial charge in [-0.25, -0.2) is 0 Å². The van der Waals surface area contributed by atoms with Crippen molar-refractivity contribution < 1.29 is 9.53 Å². The molecule has 1 aromatic rings. The van der Waals surface area contributed by atoms with Crippen molar-refractivity contribution in [2.75, 3.05) is 7.11 Å². The van der Waals surface area contributed by atoms with Crippen LogP contribution >= 0.6 is 12.2 Å². The summed E-state index contributed by atoms with van der Waals surface area (Å²) in [6.45, 7) is 0.595. The number of ether oxygens (including phenoxy) is 1. The van der Waals surface area contributed by atoms with Gasteiger partial charge >= 0.3 is 0 Å². The van der Waals surface area contributed by atoms with Crippen molar-refractivity contribution >= 4 is 23.2 Å².